The first-order valence-corrected chi connectivity index (χ1v) is 12.8. The van der Waals surface area contributed by atoms with Crippen molar-refractivity contribution < 1.29 is 14.4 Å². The largest absolute Gasteiger partial charge is 0.353 e. The molecule has 3 aliphatic rings. The number of amides is 3. The number of hydrogen-bond donors (Lipinski definition) is 0. The number of benzene rings is 1. The third-order valence-corrected chi connectivity index (χ3v) is 7.98. The van der Waals surface area contributed by atoms with Crippen LogP contribution in [0.2, 0.25) is 0 Å². The molecule has 0 radical (unpaired) electrons. The summed E-state index contributed by atoms with van der Waals surface area (Å²) in [5.41, 5.74) is 1.62. The fourth-order valence-electron chi connectivity index (χ4n) is 6.11. The Labute approximate surface area is 207 Å². The lowest BCUT2D eigenvalue weighted by Crippen LogP contribution is -2.51. The molecule has 0 bridgehead atoms. The number of imide groups is 1. The lowest BCUT2D eigenvalue weighted by Gasteiger charge is -2.37. The first-order valence-electron chi connectivity index (χ1n) is 12.8. The number of aromatic nitrogens is 1. The molecule has 7 nitrogen and oxygen atoms in total. The van der Waals surface area contributed by atoms with E-state index < -0.39 is 5.41 Å². The first kappa shape index (κ1) is 23.5. The summed E-state index contributed by atoms with van der Waals surface area (Å²) in [6, 6.07) is 13.7. The van der Waals surface area contributed by atoms with Crippen LogP contribution in [0.3, 0.4) is 0 Å². The van der Waals surface area contributed by atoms with Gasteiger partial charge in [-0.25, -0.2) is 4.98 Å². The number of likely N-dealkylation sites (tertiary alicyclic amines) is 1. The number of hydrogen-bond acceptors (Lipinski definition) is 5. The molecule has 0 unspecified atom stereocenters. The van der Waals surface area contributed by atoms with E-state index in [1.54, 1.807) is 0 Å². The maximum atomic E-state index is 14.0. The van der Waals surface area contributed by atoms with Gasteiger partial charge < -0.3 is 9.80 Å². The van der Waals surface area contributed by atoms with Crippen LogP contribution in [0.1, 0.15) is 55.3 Å². The zero-order valence-corrected chi connectivity index (χ0v) is 20.7. The Morgan fingerprint density at radius 3 is 2.37 bits per heavy atom. The quantitative estimate of drug-likeness (QED) is 0.621. The number of aryl methyl sites for hydroxylation is 2. The van der Waals surface area contributed by atoms with Crippen LogP contribution >= 0.6 is 0 Å². The van der Waals surface area contributed by atoms with Crippen LogP contribution in [0, 0.1) is 13.8 Å². The SMILES string of the molecule is Cc1cccc(N2CCN(C(=O)C[C@]3(c4ccccc4C)CC(=O)N(C4CCCC4)C3=O)CC2)n1. The van der Waals surface area contributed by atoms with Gasteiger partial charge in [0.2, 0.25) is 17.7 Å². The van der Waals surface area contributed by atoms with Crippen molar-refractivity contribution in [2.75, 3.05) is 31.1 Å². The van der Waals surface area contributed by atoms with Gasteiger partial charge in [-0.05, 0) is 49.9 Å². The predicted molar refractivity (Wildman–Crippen MR) is 134 cm³/mol. The van der Waals surface area contributed by atoms with E-state index in [0.717, 1.165) is 48.3 Å². The minimum Gasteiger partial charge on any atom is -0.353 e. The van der Waals surface area contributed by atoms with E-state index in [2.05, 4.69) is 9.88 Å². The van der Waals surface area contributed by atoms with Gasteiger partial charge in [0.25, 0.3) is 0 Å². The van der Waals surface area contributed by atoms with Crippen LogP contribution in [-0.4, -0.2) is 64.7 Å². The third-order valence-electron chi connectivity index (χ3n) is 7.98. The van der Waals surface area contributed by atoms with Gasteiger partial charge in [0.05, 0.1) is 5.41 Å². The van der Waals surface area contributed by atoms with Crippen molar-refractivity contribution in [3.63, 3.8) is 0 Å². The number of piperazine rings is 1. The summed E-state index contributed by atoms with van der Waals surface area (Å²) in [5, 5.41) is 0. The number of pyridine rings is 1. The van der Waals surface area contributed by atoms with Crippen molar-refractivity contribution in [2.45, 2.75) is 63.8 Å². The van der Waals surface area contributed by atoms with Crippen molar-refractivity contribution in [2.24, 2.45) is 0 Å². The van der Waals surface area contributed by atoms with Crippen molar-refractivity contribution in [3.05, 3.63) is 59.3 Å². The minimum atomic E-state index is -1.11. The van der Waals surface area contributed by atoms with Gasteiger partial charge >= 0.3 is 0 Å². The Morgan fingerprint density at radius 2 is 1.69 bits per heavy atom. The summed E-state index contributed by atoms with van der Waals surface area (Å²) in [7, 11) is 0. The molecule has 5 rings (SSSR count). The number of rotatable bonds is 5. The molecular weight excluding hydrogens is 440 g/mol. The molecule has 1 atom stereocenters. The second-order valence-corrected chi connectivity index (χ2v) is 10.3. The number of carbonyl (C=O) groups excluding carboxylic acids is 3. The van der Waals surface area contributed by atoms with Crippen LogP contribution in [-0.2, 0) is 19.8 Å². The van der Waals surface area contributed by atoms with Crippen LogP contribution in [0.25, 0.3) is 0 Å². The fourth-order valence-corrected chi connectivity index (χ4v) is 6.11. The highest BCUT2D eigenvalue weighted by molar-refractivity contribution is 6.11. The molecule has 2 saturated heterocycles. The molecule has 1 aliphatic carbocycles. The standard InChI is InChI=1S/C28H34N4O3/c1-20-8-3-6-12-23(20)28(19-26(34)32(27(28)35)22-10-4-5-11-22)18-25(33)31-16-14-30(15-17-31)24-13-7-9-21(2)29-24/h3,6-9,12-13,22H,4-5,10-11,14-19H2,1-2H3/t28-/m1/s1. The third kappa shape index (κ3) is 4.32. The average Bonchev–Trinajstić information content (AvgIpc) is 3.46. The smallest absolute Gasteiger partial charge is 0.241 e. The molecule has 35 heavy (non-hydrogen) atoms. The first-order chi connectivity index (χ1) is 16.9. The molecule has 1 aromatic heterocycles. The molecular formula is C28H34N4O3. The van der Waals surface area contributed by atoms with Crippen molar-refractivity contribution in [1.82, 2.24) is 14.8 Å². The second kappa shape index (κ2) is 9.44. The van der Waals surface area contributed by atoms with Crippen molar-refractivity contribution in [1.29, 1.82) is 0 Å². The Bertz CT molecular complexity index is 1130. The highest BCUT2D eigenvalue weighted by atomic mass is 16.2. The van der Waals surface area contributed by atoms with Gasteiger partial charge in [-0.3, -0.25) is 19.3 Å². The van der Waals surface area contributed by atoms with E-state index in [4.69, 9.17) is 0 Å². The maximum absolute atomic E-state index is 14.0. The van der Waals surface area contributed by atoms with Crippen molar-refractivity contribution >= 4 is 23.5 Å². The van der Waals surface area contributed by atoms with Gasteiger partial charge in [0.15, 0.2) is 0 Å². The topological polar surface area (TPSA) is 73.8 Å². The number of nitrogens with zero attached hydrogens (tertiary/aromatic N) is 4. The second-order valence-electron chi connectivity index (χ2n) is 10.3. The summed E-state index contributed by atoms with van der Waals surface area (Å²) in [5.74, 6) is 0.560. The average molecular weight is 475 g/mol. The highest BCUT2D eigenvalue weighted by Crippen LogP contribution is 2.44. The van der Waals surface area contributed by atoms with Crippen LogP contribution in [0.4, 0.5) is 5.82 Å². The zero-order chi connectivity index (χ0) is 24.6. The van der Waals surface area contributed by atoms with E-state index >= 15 is 0 Å². The molecule has 0 spiro atoms. The zero-order valence-electron chi connectivity index (χ0n) is 20.7. The predicted octanol–water partition coefficient (Wildman–Crippen LogP) is 3.38. The summed E-state index contributed by atoms with van der Waals surface area (Å²) in [6.45, 7) is 6.48. The van der Waals surface area contributed by atoms with Crippen LogP contribution in [0.15, 0.2) is 42.5 Å². The van der Waals surface area contributed by atoms with Gasteiger partial charge in [-0.15, -0.1) is 0 Å². The fraction of sp³-hybridized carbons (Fsp3) is 0.500. The molecule has 3 fully saturated rings. The van der Waals surface area contributed by atoms with E-state index in [9.17, 15) is 14.4 Å². The summed E-state index contributed by atoms with van der Waals surface area (Å²) in [6.07, 6.45) is 3.92. The molecule has 7 heteroatoms. The monoisotopic (exact) mass is 474 g/mol. The Hall–Kier alpha value is -3.22. The van der Waals surface area contributed by atoms with Crippen molar-refractivity contribution in [3.8, 4) is 0 Å². The lowest BCUT2D eigenvalue weighted by molar-refractivity contribution is -0.144. The van der Waals surface area contributed by atoms with Gasteiger partial charge in [-0.1, -0.05) is 43.2 Å². The molecule has 0 N–H and O–H groups in total. The van der Waals surface area contributed by atoms with Crippen LogP contribution in [0.5, 0.6) is 0 Å². The molecule has 1 saturated carbocycles. The molecule has 3 heterocycles. The lowest BCUT2D eigenvalue weighted by atomic mass is 9.73. The summed E-state index contributed by atoms with van der Waals surface area (Å²) in [4.78, 5) is 51.0. The molecule has 2 aromatic rings. The van der Waals surface area contributed by atoms with E-state index in [0.29, 0.717) is 26.2 Å². The van der Waals surface area contributed by atoms with E-state index in [1.807, 2.05) is 61.2 Å². The molecule has 3 amide bonds. The Morgan fingerprint density at radius 1 is 0.971 bits per heavy atom. The molecule has 2 aliphatic heterocycles. The molecule has 184 valence electrons. The van der Waals surface area contributed by atoms with E-state index in [1.165, 1.54) is 4.90 Å². The number of carbonyl (C=O) groups is 3. The number of anilines is 1. The minimum absolute atomic E-state index is 0.0265. The van der Waals surface area contributed by atoms with Gasteiger partial charge in [0, 0.05) is 50.8 Å². The van der Waals surface area contributed by atoms with Gasteiger partial charge in [-0.2, -0.15) is 0 Å². The maximum Gasteiger partial charge on any atom is 0.241 e. The van der Waals surface area contributed by atoms with Gasteiger partial charge in [0.1, 0.15) is 5.82 Å². The van der Waals surface area contributed by atoms with Crippen LogP contribution < -0.4 is 4.90 Å². The van der Waals surface area contributed by atoms with E-state index in [-0.39, 0.29) is 36.6 Å². The summed E-state index contributed by atoms with van der Waals surface area (Å²) < 4.78 is 0. The Kier molecular flexibility index (Phi) is 6.34. The summed E-state index contributed by atoms with van der Waals surface area (Å²) >= 11 is 0. The Balaban J connectivity index is 1.37. The highest BCUT2D eigenvalue weighted by Gasteiger charge is 2.56. The normalized spacial score (nSPS) is 23.4. The molecule has 1 aromatic carbocycles.